The van der Waals surface area contributed by atoms with Crippen LogP contribution in [0.5, 0.6) is 0 Å². The summed E-state index contributed by atoms with van der Waals surface area (Å²) in [6.45, 7) is 7.45. The number of amides is 1. The van der Waals surface area contributed by atoms with E-state index in [2.05, 4.69) is 25.8 Å². The molecule has 1 heterocycles. The first-order chi connectivity index (χ1) is 14.1. The number of benzene rings is 2. The van der Waals surface area contributed by atoms with Gasteiger partial charge in [0.1, 0.15) is 17.5 Å². The number of anilines is 1. The third-order valence-electron chi connectivity index (χ3n) is 4.08. The van der Waals surface area contributed by atoms with E-state index < -0.39 is 11.7 Å². The zero-order chi connectivity index (χ0) is 21.9. The number of halogens is 2. The van der Waals surface area contributed by atoms with Gasteiger partial charge in [-0.05, 0) is 75.7 Å². The zero-order valence-corrected chi connectivity index (χ0v) is 17.2. The number of rotatable bonds is 3. The SMILES string of the molecule is Cc1cc(-c2cc(N/C(=N\C(=O)c3ccc(F)cc3)NC(C)(C)C)[nH]n2)ccc1F. The van der Waals surface area contributed by atoms with Crippen LogP contribution in [-0.4, -0.2) is 27.6 Å². The molecule has 156 valence electrons. The van der Waals surface area contributed by atoms with E-state index in [4.69, 9.17) is 0 Å². The summed E-state index contributed by atoms with van der Waals surface area (Å²) >= 11 is 0. The Balaban J connectivity index is 1.85. The van der Waals surface area contributed by atoms with E-state index in [0.29, 0.717) is 17.1 Å². The van der Waals surface area contributed by atoms with Gasteiger partial charge in [-0.1, -0.05) is 0 Å². The van der Waals surface area contributed by atoms with E-state index in [1.54, 1.807) is 25.1 Å². The number of nitrogens with one attached hydrogen (secondary N) is 3. The van der Waals surface area contributed by atoms with Crippen molar-refractivity contribution in [3.63, 3.8) is 0 Å². The summed E-state index contributed by atoms with van der Waals surface area (Å²) in [5.74, 6) is -0.529. The number of hydrogen-bond acceptors (Lipinski definition) is 2. The number of aromatic nitrogens is 2. The van der Waals surface area contributed by atoms with E-state index in [1.165, 1.54) is 30.3 Å². The van der Waals surface area contributed by atoms with Gasteiger partial charge in [0, 0.05) is 22.7 Å². The Bertz CT molecular complexity index is 1080. The molecule has 0 bridgehead atoms. The fraction of sp³-hybridized carbons (Fsp3) is 0.227. The number of carbonyl (C=O) groups is 1. The monoisotopic (exact) mass is 411 g/mol. The highest BCUT2D eigenvalue weighted by molar-refractivity contribution is 6.06. The zero-order valence-electron chi connectivity index (χ0n) is 17.2. The molecule has 0 spiro atoms. The van der Waals surface area contributed by atoms with Gasteiger partial charge < -0.3 is 10.6 Å². The van der Waals surface area contributed by atoms with Crippen LogP contribution < -0.4 is 10.6 Å². The summed E-state index contributed by atoms with van der Waals surface area (Å²) < 4.78 is 26.6. The van der Waals surface area contributed by atoms with Crippen molar-refractivity contribution in [2.24, 2.45) is 4.99 Å². The van der Waals surface area contributed by atoms with Crippen molar-refractivity contribution >= 4 is 17.7 Å². The lowest BCUT2D eigenvalue weighted by Gasteiger charge is -2.23. The smallest absolute Gasteiger partial charge is 0.280 e. The molecule has 1 amide bonds. The van der Waals surface area contributed by atoms with Crippen LogP contribution in [0.2, 0.25) is 0 Å². The lowest BCUT2D eigenvalue weighted by molar-refractivity contribution is 0.100. The Labute approximate surface area is 173 Å². The fourth-order valence-electron chi connectivity index (χ4n) is 2.67. The average molecular weight is 411 g/mol. The first-order valence-electron chi connectivity index (χ1n) is 9.36. The Morgan fingerprint density at radius 1 is 1.07 bits per heavy atom. The number of aromatic amines is 1. The molecule has 3 rings (SSSR count). The minimum absolute atomic E-state index is 0.210. The number of hydrogen-bond donors (Lipinski definition) is 3. The van der Waals surface area contributed by atoms with Crippen molar-refractivity contribution in [1.29, 1.82) is 0 Å². The molecule has 0 unspecified atom stereocenters. The van der Waals surface area contributed by atoms with Crippen molar-refractivity contribution in [3.8, 4) is 11.3 Å². The van der Waals surface area contributed by atoms with Crippen molar-refractivity contribution in [3.05, 3.63) is 71.3 Å². The molecule has 0 atom stereocenters. The van der Waals surface area contributed by atoms with E-state index in [-0.39, 0.29) is 22.9 Å². The minimum atomic E-state index is -0.525. The van der Waals surface area contributed by atoms with Gasteiger partial charge in [0.2, 0.25) is 5.96 Å². The van der Waals surface area contributed by atoms with Crippen molar-refractivity contribution < 1.29 is 13.6 Å². The predicted molar refractivity (Wildman–Crippen MR) is 113 cm³/mol. The molecule has 0 aliphatic rings. The molecule has 30 heavy (non-hydrogen) atoms. The lowest BCUT2D eigenvalue weighted by atomic mass is 10.1. The van der Waals surface area contributed by atoms with Crippen LogP contribution in [0.1, 0.15) is 36.7 Å². The van der Waals surface area contributed by atoms with Crippen LogP contribution >= 0.6 is 0 Å². The van der Waals surface area contributed by atoms with E-state index >= 15 is 0 Å². The molecule has 3 aromatic rings. The maximum absolute atomic E-state index is 13.5. The van der Waals surface area contributed by atoms with E-state index in [1.807, 2.05) is 20.8 Å². The third-order valence-corrected chi connectivity index (χ3v) is 4.08. The third kappa shape index (κ3) is 5.50. The molecule has 1 aromatic heterocycles. The van der Waals surface area contributed by atoms with Crippen LogP contribution in [0.25, 0.3) is 11.3 Å². The number of aryl methyl sites for hydroxylation is 1. The first kappa shape index (κ1) is 21.2. The van der Waals surface area contributed by atoms with Crippen molar-refractivity contribution in [2.75, 3.05) is 5.32 Å². The second-order valence-electron chi connectivity index (χ2n) is 7.90. The Morgan fingerprint density at radius 2 is 1.77 bits per heavy atom. The van der Waals surface area contributed by atoms with Crippen LogP contribution in [-0.2, 0) is 0 Å². The summed E-state index contributed by atoms with van der Waals surface area (Å²) in [5.41, 5.74) is 1.76. The average Bonchev–Trinajstić information content (AvgIpc) is 3.11. The standard InChI is InChI=1S/C22H23F2N5O/c1-13-11-15(7-10-17(13)24)18-12-19(29-28-18)25-21(27-22(2,3)4)26-20(30)14-5-8-16(23)9-6-14/h5-12H,1-4H3,(H3,25,26,27,28,29,30). The molecule has 6 nitrogen and oxygen atoms in total. The normalized spacial score (nSPS) is 12.0. The van der Waals surface area contributed by atoms with Gasteiger partial charge in [0.25, 0.3) is 5.91 Å². The summed E-state index contributed by atoms with van der Waals surface area (Å²) in [6.07, 6.45) is 0. The molecule has 0 saturated heterocycles. The van der Waals surface area contributed by atoms with Gasteiger partial charge in [0.15, 0.2) is 0 Å². The van der Waals surface area contributed by atoms with Crippen LogP contribution in [0.15, 0.2) is 53.5 Å². The highest BCUT2D eigenvalue weighted by atomic mass is 19.1. The quantitative estimate of drug-likeness (QED) is 0.432. The van der Waals surface area contributed by atoms with Crippen LogP contribution in [0.4, 0.5) is 14.6 Å². The maximum atomic E-state index is 13.5. The largest absolute Gasteiger partial charge is 0.351 e. The summed E-state index contributed by atoms with van der Waals surface area (Å²) in [7, 11) is 0. The Kier molecular flexibility index (Phi) is 5.96. The molecule has 0 aliphatic carbocycles. The second kappa shape index (κ2) is 8.44. The highest BCUT2D eigenvalue weighted by Crippen LogP contribution is 2.22. The molecule has 0 fully saturated rings. The molecule has 8 heteroatoms. The maximum Gasteiger partial charge on any atom is 0.280 e. The van der Waals surface area contributed by atoms with Crippen LogP contribution in [0, 0.1) is 18.6 Å². The molecule has 2 aromatic carbocycles. The molecular weight excluding hydrogens is 388 g/mol. The fourth-order valence-corrected chi connectivity index (χ4v) is 2.67. The van der Waals surface area contributed by atoms with Gasteiger partial charge in [-0.25, -0.2) is 8.78 Å². The van der Waals surface area contributed by atoms with Gasteiger partial charge in [-0.3, -0.25) is 9.89 Å². The minimum Gasteiger partial charge on any atom is -0.351 e. The molecular formula is C22H23F2N5O. The lowest BCUT2D eigenvalue weighted by Crippen LogP contribution is -2.44. The number of H-pyrrole nitrogens is 1. The van der Waals surface area contributed by atoms with Gasteiger partial charge in [-0.15, -0.1) is 0 Å². The van der Waals surface area contributed by atoms with E-state index in [0.717, 1.165) is 5.56 Å². The predicted octanol–water partition coefficient (Wildman–Crippen LogP) is 4.66. The van der Waals surface area contributed by atoms with Crippen molar-refractivity contribution in [2.45, 2.75) is 33.2 Å². The van der Waals surface area contributed by atoms with Gasteiger partial charge in [-0.2, -0.15) is 10.1 Å². The number of carbonyl (C=O) groups excluding carboxylic acids is 1. The Hall–Kier alpha value is -3.55. The van der Waals surface area contributed by atoms with E-state index in [9.17, 15) is 13.6 Å². The topological polar surface area (TPSA) is 82.2 Å². The highest BCUT2D eigenvalue weighted by Gasteiger charge is 2.16. The number of aliphatic imine (C=N–C) groups is 1. The number of guanidine groups is 1. The summed E-state index contributed by atoms with van der Waals surface area (Å²) in [5, 5.41) is 13.2. The van der Waals surface area contributed by atoms with Gasteiger partial charge in [0.05, 0.1) is 5.69 Å². The summed E-state index contributed by atoms with van der Waals surface area (Å²) in [6, 6.07) is 11.6. The molecule has 0 aliphatic heterocycles. The van der Waals surface area contributed by atoms with Crippen LogP contribution in [0.3, 0.4) is 0 Å². The summed E-state index contributed by atoms with van der Waals surface area (Å²) in [4.78, 5) is 16.6. The first-order valence-corrected chi connectivity index (χ1v) is 9.36. The molecule has 3 N–H and O–H groups in total. The van der Waals surface area contributed by atoms with Gasteiger partial charge >= 0.3 is 0 Å². The molecule has 0 radical (unpaired) electrons. The van der Waals surface area contributed by atoms with Crippen molar-refractivity contribution in [1.82, 2.24) is 15.5 Å². The number of nitrogens with zero attached hydrogens (tertiary/aromatic N) is 2. The second-order valence-corrected chi connectivity index (χ2v) is 7.90. The Morgan fingerprint density at radius 3 is 2.40 bits per heavy atom. The molecule has 0 saturated carbocycles.